The van der Waals surface area contributed by atoms with Crippen molar-refractivity contribution >= 4 is 10.9 Å². The summed E-state index contributed by atoms with van der Waals surface area (Å²) < 4.78 is 0.691. The predicted molar refractivity (Wildman–Crippen MR) is 47.0 cm³/mol. The van der Waals surface area contributed by atoms with Gasteiger partial charge in [0.25, 0.3) is 0 Å². The van der Waals surface area contributed by atoms with Gasteiger partial charge >= 0.3 is 0 Å². The highest BCUT2D eigenvalue weighted by Gasteiger charge is 1.94. The Kier molecular flexibility index (Phi) is 1.37. The Balaban J connectivity index is 3.05. The average molecular weight is 160 g/mol. The van der Waals surface area contributed by atoms with Crippen molar-refractivity contribution in [3.8, 4) is 0 Å². The summed E-state index contributed by atoms with van der Waals surface area (Å²) in [5, 5.41) is 11.6. The van der Waals surface area contributed by atoms with Crippen molar-refractivity contribution in [2.75, 3.05) is 0 Å². The molecule has 0 amide bonds. The molecular formula is C9H6NO2-. The van der Waals surface area contributed by atoms with E-state index in [4.69, 9.17) is 0 Å². The van der Waals surface area contributed by atoms with Crippen LogP contribution in [0.3, 0.4) is 0 Å². The summed E-state index contributed by atoms with van der Waals surface area (Å²) in [6.07, 6.45) is 1.23. The van der Waals surface area contributed by atoms with Gasteiger partial charge in [-0.05, 0) is 12.1 Å². The van der Waals surface area contributed by atoms with Crippen LogP contribution < -0.4 is 5.43 Å². The summed E-state index contributed by atoms with van der Waals surface area (Å²) in [4.78, 5) is 11.2. The van der Waals surface area contributed by atoms with Crippen LogP contribution in [0.1, 0.15) is 0 Å². The SMILES string of the molecule is O=c1ccn([O-])c2ccccc12. The molecule has 0 N–H and O–H groups in total. The molecule has 12 heavy (non-hydrogen) atoms. The lowest BCUT2D eigenvalue weighted by atomic mass is 10.2. The normalized spacial score (nSPS) is 10.3. The van der Waals surface area contributed by atoms with E-state index in [1.165, 1.54) is 12.3 Å². The van der Waals surface area contributed by atoms with E-state index in [2.05, 4.69) is 0 Å². The molecule has 0 fully saturated rings. The second-order valence-corrected chi connectivity index (χ2v) is 2.52. The fraction of sp³-hybridized carbons (Fsp3) is 0. The number of nitrogens with zero attached hydrogens (tertiary/aromatic N) is 1. The lowest BCUT2D eigenvalue weighted by Crippen LogP contribution is -2.03. The number of rotatable bonds is 0. The second kappa shape index (κ2) is 2.37. The van der Waals surface area contributed by atoms with Gasteiger partial charge in [0.15, 0.2) is 5.43 Å². The molecule has 0 aliphatic rings. The number of hydrogen-bond acceptors (Lipinski definition) is 2. The first kappa shape index (κ1) is 6.91. The van der Waals surface area contributed by atoms with Crippen LogP contribution in [-0.2, 0) is 0 Å². The molecule has 2 rings (SSSR count). The first-order valence-corrected chi connectivity index (χ1v) is 3.57. The van der Waals surface area contributed by atoms with Crippen LogP contribution in [0.2, 0.25) is 0 Å². The van der Waals surface area contributed by atoms with Crippen LogP contribution in [-0.4, -0.2) is 4.73 Å². The molecule has 0 bridgehead atoms. The summed E-state index contributed by atoms with van der Waals surface area (Å²) >= 11 is 0. The highest BCUT2D eigenvalue weighted by molar-refractivity contribution is 5.78. The number of para-hydroxylation sites is 1. The molecule has 0 aliphatic heterocycles. The van der Waals surface area contributed by atoms with Crippen molar-refractivity contribution in [3.05, 3.63) is 52.0 Å². The second-order valence-electron chi connectivity index (χ2n) is 2.52. The van der Waals surface area contributed by atoms with Crippen LogP contribution in [0.15, 0.2) is 41.3 Å². The third-order valence-corrected chi connectivity index (χ3v) is 1.77. The van der Waals surface area contributed by atoms with Gasteiger partial charge in [0.05, 0.1) is 0 Å². The zero-order chi connectivity index (χ0) is 8.55. The van der Waals surface area contributed by atoms with E-state index in [-0.39, 0.29) is 5.43 Å². The molecule has 0 unspecified atom stereocenters. The summed E-state index contributed by atoms with van der Waals surface area (Å²) in [7, 11) is 0. The smallest absolute Gasteiger partial charge is 0.189 e. The summed E-state index contributed by atoms with van der Waals surface area (Å²) in [5.74, 6) is 0. The Morgan fingerprint density at radius 2 is 1.92 bits per heavy atom. The van der Waals surface area contributed by atoms with Crippen LogP contribution >= 0.6 is 0 Å². The summed E-state index contributed by atoms with van der Waals surface area (Å²) in [6, 6.07) is 8.02. The summed E-state index contributed by atoms with van der Waals surface area (Å²) in [5.41, 5.74) is 0.308. The van der Waals surface area contributed by atoms with Gasteiger partial charge in [-0.25, -0.2) is 0 Å². The molecule has 3 nitrogen and oxygen atoms in total. The lowest BCUT2D eigenvalue weighted by Gasteiger charge is -2.12. The molecule has 2 aromatic rings. The van der Waals surface area contributed by atoms with Crippen molar-refractivity contribution in [3.63, 3.8) is 0 Å². The van der Waals surface area contributed by atoms with Gasteiger partial charge < -0.3 is 9.94 Å². The van der Waals surface area contributed by atoms with Gasteiger partial charge in [0.2, 0.25) is 0 Å². The standard InChI is InChI=1S/C9H6NO2/c11-9-5-6-10(12)8-4-2-1-3-7(8)9/h1-6H/q-1. The quantitative estimate of drug-likeness (QED) is 0.583. The highest BCUT2D eigenvalue weighted by atomic mass is 16.5. The molecule has 1 heterocycles. The van der Waals surface area contributed by atoms with Gasteiger partial charge in [0.1, 0.15) is 0 Å². The fourth-order valence-electron chi connectivity index (χ4n) is 1.18. The van der Waals surface area contributed by atoms with Gasteiger partial charge in [0, 0.05) is 23.2 Å². The third kappa shape index (κ3) is 0.871. The minimum Gasteiger partial charge on any atom is -0.806 e. The minimum absolute atomic E-state index is 0.113. The van der Waals surface area contributed by atoms with E-state index < -0.39 is 0 Å². The van der Waals surface area contributed by atoms with E-state index in [9.17, 15) is 10.0 Å². The first-order valence-electron chi connectivity index (χ1n) is 3.57. The van der Waals surface area contributed by atoms with E-state index >= 15 is 0 Å². The molecule has 0 saturated heterocycles. The highest BCUT2D eigenvalue weighted by Crippen LogP contribution is 2.07. The molecule has 1 aromatic heterocycles. The number of aromatic nitrogens is 1. The molecule has 3 heteroatoms. The number of fused-ring (bicyclic) bond motifs is 1. The molecule has 0 radical (unpaired) electrons. The van der Waals surface area contributed by atoms with Gasteiger partial charge in [-0.2, -0.15) is 0 Å². The Morgan fingerprint density at radius 1 is 1.17 bits per heavy atom. The van der Waals surface area contributed by atoms with Crippen molar-refractivity contribution in [1.29, 1.82) is 0 Å². The van der Waals surface area contributed by atoms with Crippen LogP contribution in [0, 0.1) is 5.21 Å². The van der Waals surface area contributed by atoms with Crippen LogP contribution in [0.5, 0.6) is 0 Å². The molecule has 0 spiro atoms. The Morgan fingerprint density at radius 3 is 2.67 bits per heavy atom. The third-order valence-electron chi connectivity index (χ3n) is 1.77. The van der Waals surface area contributed by atoms with Crippen LogP contribution in [0.25, 0.3) is 10.9 Å². The molecule has 0 aliphatic carbocycles. The zero-order valence-electron chi connectivity index (χ0n) is 6.23. The van der Waals surface area contributed by atoms with E-state index in [1.54, 1.807) is 24.3 Å². The number of hydrogen-bond donors (Lipinski definition) is 0. The van der Waals surface area contributed by atoms with Crippen molar-refractivity contribution in [1.82, 2.24) is 4.73 Å². The Labute approximate surface area is 68.5 Å². The monoisotopic (exact) mass is 160 g/mol. The van der Waals surface area contributed by atoms with E-state index in [0.717, 1.165) is 0 Å². The molecule has 1 aromatic carbocycles. The topological polar surface area (TPSA) is 45.1 Å². The maximum atomic E-state index is 11.2. The Bertz CT molecular complexity index is 473. The number of benzene rings is 1. The Hall–Kier alpha value is -1.77. The van der Waals surface area contributed by atoms with Crippen molar-refractivity contribution < 1.29 is 0 Å². The van der Waals surface area contributed by atoms with Crippen LogP contribution in [0.4, 0.5) is 0 Å². The predicted octanol–water partition coefficient (Wildman–Crippen LogP) is 1.35. The molecule has 0 saturated carbocycles. The van der Waals surface area contributed by atoms with Gasteiger partial charge in [-0.3, -0.25) is 4.79 Å². The summed E-state index contributed by atoms with van der Waals surface area (Å²) in [6.45, 7) is 0. The lowest BCUT2D eigenvalue weighted by molar-refractivity contribution is 1.12. The molecule has 60 valence electrons. The average Bonchev–Trinajstić information content (AvgIpc) is 2.12. The maximum Gasteiger partial charge on any atom is 0.189 e. The first-order chi connectivity index (χ1) is 5.79. The largest absolute Gasteiger partial charge is 0.806 e. The van der Waals surface area contributed by atoms with E-state index in [0.29, 0.717) is 15.6 Å². The molecule has 0 atom stereocenters. The van der Waals surface area contributed by atoms with Gasteiger partial charge in [-0.1, -0.05) is 12.1 Å². The maximum absolute atomic E-state index is 11.2. The van der Waals surface area contributed by atoms with Crippen molar-refractivity contribution in [2.24, 2.45) is 0 Å². The number of pyridine rings is 1. The zero-order valence-corrected chi connectivity index (χ0v) is 6.23. The fourth-order valence-corrected chi connectivity index (χ4v) is 1.18. The molecular weight excluding hydrogens is 154 g/mol. The minimum atomic E-state index is -0.113. The van der Waals surface area contributed by atoms with Crippen molar-refractivity contribution in [2.45, 2.75) is 0 Å². The van der Waals surface area contributed by atoms with Gasteiger partial charge in [-0.15, -0.1) is 0 Å². The van der Waals surface area contributed by atoms with E-state index in [1.807, 2.05) is 0 Å².